The lowest BCUT2D eigenvalue weighted by Gasteiger charge is -2.35. The van der Waals surface area contributed by atoms with Crippen LogP contribution in [0.25, 0.3) is 0 Å². The van der Waals surface area contributed by atoms with Crippen molar-refractivity contribution in [3.05, 3.63) is 64.2 Å². The minimum atomic E-state index is -4.41. The lowest BCUT2D eigenvalue weighted by molar-refractivity contribution is -0.137. The van der Waals surface area contributed by atoms with Crippen LogP contribution in [0.5, 0.6) is 0 Å². The van der Waals surface area contributed by atoms with Crippen molar-refractivity contribution in [2.75, 3.05) is 26.0 Å². The third kappa shape index (κ3) is 5.69. The maximum absolute atomic E-state index is 12.8. The highest BCUT2D eigenvalue weighted by molar-refractivity contribution is 5.94. The lowest BCUT2D eigenvalue weighted by Crippen LogP contribution is -2.39. The fraction of sp³-hybridized carbons (Fsp3) is 0.500. The molecule has 180 valence electrons. The van der Waals surface area contributed by atoms with Gasteiger partial charge in [0.25, 0.3) is 5.91 Å². The van der Waals surface area contributed by atoms with Crippen molar-refractivity contribution in [1.82, 2.24) is 4.90 Å². The second-order valence-corrected chi connectivity index (χ2v) is 8.89. The van der Waals surface area contributed by atoms with Gasteiger partial charge in [-0.25, -0.2) is 0 Å². The molecule has 1 aliphatic carbocycles. The minimum absolute atomic E-state index is 0.0731. The van der Waals surface area contributed by atoms with Crippen LogP contribution in [-0.4, -0.2) is 42.7 Å². The number of nitrogens with zero attached hydrogens (tertiary/aromatic N) is 1. The standard InChI is InChI=1S/C26H33F3N2O2/c1-17-23(15-10-19(5-4-16-32)24(17)30-2)18-8-13-22(14-9-18)31(3)25(33)20-6-11-21(12-7-20)26(27,28)29/h6-7,10-12,15,18,22,30,32H,4-5,8-9,13-14,16H2,1-3H3. The van der Waals surface area contributed by atoms with Crippen LogP contribution in [0, 0.1) is 6.92 Å². The van der Waals surface area contributed by atoms with Crippen molar-refractivity contribution in [3.63, 3.8) is 0 Å². The van der Waals surface area contributed by atoms with Gasteiger partial charge in [0.1, 0.15) is 0 Å². The number of halogens is 3. The van der Waals surface area contributed by atoms with Gasteiger partial charge in [-0.05, 0) is 92.3 Å². The molecule has 0 radical (unpaired) electrons. The van der Waals surface area contributed by atoms with E-state index >= 15 is 0 Å². The summed E-state index contributed by atoms with van der Waals surface area (Å²) in [6.07, 6.45) is 0.774. The number of aliphatic hydroxyl groups is 1. The van der Waals surface area contributed by atoms with Gasteiger partial charge < -0.3 is 15.3 Å². The molecule has 2 aromatic rings. The molecule has 0 heterocycles. The van der Waals surface area contributed by atoms with Crippen LogP contribution in [0.2, 0.25) is 0 Å². The second kappa shape index (κ2) is 10.6. The highest BCUT2D eigenvalue weighted by Gasteiger charge is 2.32. The Morgan fingerprint density at radius 2 is 1.73 bits per heavy atom. The van der Waals surface area contributed by atoms with Crippen molar-refractivity contribution >= 4 is 11.6 Å². The van der Waals surface area contributed by atoms with E-state index in [2.05, 4.69) is 24.4 Å². The van der Waals surface area contributed by atoms with E-state index in [1.54, 1.807) is 11.9 Å². The fourth-order valence-corrected chi connectivity index (χ4v) is 5.00. The van der Waals surface area contributed by atoms with E-state index in [0.717, 1.165) is 56.3 Å². The summed E-state index contributed by atoms with van der Waals surface area (Å²) in [7, 11) is 3.67. The molecule has 0 saturated heterocycles. The van der Waals surface area contributed by atoms with E-state index in [1.807, 2.05) is 7.05 Å². The Labute approximate surface area is 193 Å². The zero-order chi connectivity index (χ0) is 24.2. The first-order valence-corrected chi connectivity index (χ1v) is 11.5. The molecule has 0 unspecified atom stereocenters. The Kier molecular flexibility index (Phi) is 8.05. The highest BCUT2D eigenvalue weighted by Crippen LogP contribution is 2.39. The molecule has 2 N–H and O–H groups in total. The van der Waals surface area contributed by atoms with Crippen LogP contribution in [0.15, 0.2) is 36.4 Å². The predicted octanol–water partition coefficient (Wildman–Crippen LogP) is 5.78. The van der Waals surface area contributed by atoms with Crippen LogP contribution in [0.4, 0.5) is 18.9 Å². The Bertz CT molecular complexity index is 949. The number of carbonyl (C=O) groups excluding carboxylic acids is 1. The number of aryl methyl sites for hydroxylation is 1. The van der Waals surface area contributed by atoms with E-state index in [9.17, 15) is 18.0 Å². The Balaban J connectivity index is 1.65. The maximum Gasteiger partial charge on any atom is 0.416 e. The monoisotopic (exact) mass is 462 g/mol. The molecule has 2 aromatic carbocycles. The molecule has 0 aromatic heterocycles. The molecular weight excluding hydrogens is 429 g/mol. The molecule has 1 saturated carbocycles. The predicted molar refractivity (Wildman–Crippen MR) is 125 cm³/mol. The van der Waals surface area contributed by atoms with E-state index in [1.165, 1.54) is 28.8 Å². The smallest absolute Gasteiger partial charge is 0.396 e. The number of benzene rings is 2. The molecule has 7 heteroatoms. The van der Waals surface area contributed by atoms with E-state index < -0.39 is 11.7 Å². The first-order valence-electron chi connectivity index (χ1n) is 11.5. The van der Waals surface area contributed by atoms with Crippen LogP contribution in [0.1, 0.15) is 70.6 Å². The number of hydrogen-bond donors (Lipinski definition) is 2. The molecule has 1 amide bonds. The average Bonchev–Trinajstić information content (AvgIpc) is 2.81. The van der Waals surface area contributed by atoms with Crippen molar-refractivity contribution in [1.29, 1.82) is 0 Å². The van der Waals surface area contributed by atoms with Gasteiger partial charge in [0, 0.05) is 38.0 Å². The molecule has 3 rings (SSSR count). The van der Waals surface area contributed by atoms with Crippen molar-refractivity contribution in [3.8, 4) is 0 Å². The highest BCUT2D eigenvalue weighted by atomic mass is 19.4. The normalized spacial score (nSPS) is 18.8. The quantitative estimate of drug-likeness (QED) is 0.549. The Morgan fingerprint density at radius 3 is 2.27 bits per heavy atom. The fourth-order valence-electron chi connectivity index (χ4n) is 5.00. The zero-order valence-corrected chi connectivity index (χ0v) is 19.5. The van der Waals surface area contributed by atoms with Gasteiger partial charge in [-0.15, -0.1) is 0 Å². The maximum atomic E-state index is 12.8. The molecular formula is C26H33F3N2O2. The number of amides is 1. The third-order valence-electron chi connectivity index (χ3n) is 6.91. The van der Waals surface area contributed by atoms with Gasteiger partial charge in [-0.3, -0.25) is 4.79 Å². The Morgan fingerprint density at radius 1 is 1.09 bits per heavy atom. The van der Waals surface area contributed by atoms with Crippen LogP contribution < -0.4 is 5.32 Å². The lowest BCUT2D eigenvalue weighted by atomic mass is 9.79. The van der Waals surface area contributed by atoms with Crippen LogP contribution in [0.3, 0.4) is 0 Å². The summed E-state index contributed by atoms with van der Waals surface area (Å²) in [5, 5.41) is 12.5. The summed E-state index contributed by atoms with van der Waals surface area (Å²) in [4.78, 5) is 14.5. The van der Waals surface area contributed by atoms with Crippen LogP contribution in [-0.2, 0) is 12.6 Å². The number of rotatable bonds is 7. The molecule has 0 spiro atoms. The summed E-state index contributed by atoms with van der Waals surface area (Å²) < 4.78 is 38.4. The largest absolute Gasteiger partial charge is 0.416 e. The number of hydrogen-bond acceptors (Lipinski definition) is 3. The number of alkyl halides is 3. The van der Waals surface area contributed by atoms with Gasteiger partial charge in [0.2, 0.25) is 0 Å². The third-order valence-corrected chi connectivity index (χ3v) is 6.91. The summed E-state index contributed by atoms with van der Waals surface area (Å²) in [6, 6.07) is 8.86. The zero-order valence-electron chi connectivity index (χ0n) is 19.5. The SMILES string of the molecule is CNc1c(CCCO)ccc(C2CCC(N(C)C(=O)c3ccc(C(F)(F)F)cc3)CC2)c1C. The summed E-state index contributed by atoms with van der Waals surface area (Å²) in [5.41, 5.74) is 4.44. The molecule has 33 heavy (non-hydrogen) atoms. The van der Waals surface area contributed by atoms with Crippen molar-refractivity contribution in [2.24, 2.45) is 0 Å². The van der Waals surface area contributed by atoms with Gasteiger partial charge in [0.15, 0.2) is 0 Å². The van der Waals surface area contributed by atoms with Crippen LogP contribution >= 0.6 is 0 Å². The molecule has 4 nitrogen and oxygen atoms in total. The van der Waals surface area contributed by atoms with E-state index in [4.69, 9.17) is 5.11 Å². The molecule has 1 fully saturated rings. The molecule has 0 aliphatic heterocycles. The van der Waals surface area contributed by atoms with Gasteiger partial charge in [-0.2, -0.15) is 13.2 Å². The van der Waals surface area contributed by atoms with Crippen molar-refractivity contribution < 1.29 is 23.1 Å². The van der Waals surface area contributed by atoms with Gasteiger partial charge in [0.05, 0.1) is 5.56 Å². The number of aliphatic hydroxyl groups excluding tert-OH is 1. The van der Waals surface area contributed by atoms with Gasteiger partial charge >= 0.3 is 6.18 Å². The van der Waals surface area contributed by atoms with E-state index in [-0.39, 0.29) is 24.1 Å². The summed E-state index contributed by atoms with van der Waals surface area (Å²) in [6.45, 7) is 2.31. The van der Waals surface area contributed by atoms with E-state index in [0.29, 0.717) is 5.92 Å². The summed E-state index contributed by atoms with van der Waals surface area (Å²) >= 11 is 0. The minimum Gasteiger partial charge on any atom is -0.396 e. The molecule has 1 aliphatic rings. The first kappa shape index (κ1) is 25.1. The molecule has 0 bridgehead atoms. The number of carbonyl (C=O) groups is 1. The van der Waals surface area contributed by atoms with Crippen molar-refractivity contribution in [2.45, 2.75) is 63.6 Å². The summed E-state index contributed by atoms with van der Waals surface area (Å²) in [5.74, 6) is 0.170. The molecule has 0 atom stereocenters. The average molecular weight is 463 g/mol. The number of anilines is 1. The van der Waals surface area contributed by atoms with Gasteiger partial charge in [-0.1, -0.05) is 12.1 Å². The first-order chi connectivity index (χ1) is 15.7. The Hall–Kier alpha value is -2.54. The second-order valence-electron chi connectivity index (χ2n) is 8.89. The topological polar surface area (TPSA) is 52.6 Å². The number of nitrogens with one attached hydrogen (secondary N) is 1.